The summed E-state index contributed by atoms with van der Waals surface area (Å²) < 4.78 is 17.1. The molecule has 5 heterocycles. The molecule has 3 aromatic heterocycles. The van der Waals surface area contributed by atoms with Gasteiger partial charge in [-0.15, -0.1) is 0 Å². The van der Waals surface area contributed by atoms with Crippen molar-refractivity contribution in [3.63, 3.8) is 0 Å². The van der Waals surface area contributed by atoms with E-state index in [1.54, 1.807) is 0 Å². The number of halogens is 1. The Morgan fingerprint density at radius 3 is 2.53 bits per heavy atom. The zero-order valence-corrected chi connectivity index (χ0v) is 20.9. The van der Waals surface area contributed by atoms with Crippen molar-refractivity contribution in [2.45, 2.75) is 57.9 Å². The predicted molar refractivity (Wildman–Crippen MR) is 134 cm³/mol. The SMILES string of the molecule is Cc1cccc(-c2nn(C3CCCCO3)cc2-c2cc(Br)c3cnn(C4CCCCO4)c3c2)n1. The van der Waals surface area contributed by atoms with Crippen LogP contribution in [0, 0.1) is 6.92 Å². The zero-order valence-electron chi connectivity index (χ0n) is 19.3. The third-order valence-electron chi connectivity index (χ3n) is 6.72. The van der Waals surface area contributed by atoms with Gasteiger partial charge in [0.15, 0.2) is 6.23 Å². The third-order valence-corrected chi connectivity index (χ3v) is 7.37. The van der Waals surface area contributed by atoms with Crippen molar-refractivity contribution >= 4 is 26.8 Å². The molecule has 0 radical (unpaired) electrons. The summed E-state index contributed by atoms with van der Waals surface area (Å²) in [7, 11) is 0. The Hall–Kier alpha value is -2.55. The second-order valence-electron chi connectivity index (χ2n) is 9.16. The van der Waals surface area contributed by atoms with Gasteiger partial charge in [-0.05, 0) is 75.3 Å². The molecule has 6 rings (SSSR count). The van der Waals surface area contributed by atoms with E-state index in [2.05, 4.69) is 34.3 Å². The Morgan fingerprint density at radius 2 is 1.79 bits per heavy atom. The van der Waals surface area contributed by atoms with E-state index in [0.29, 0.717) is 0 Å². The van der Waals surface area contributed by atoms with E-state index in [1.807, 2.05) is 40.7 Å². The number of rotatable bonds is 4. The van der Waals surface area contributed by atoms with Gasteiger partial charge in [0.25, 0.3) is 0 Å². The highest BCUT2D eigenvalue weighted by Gasteiger charge is 2.24. The Labute approximate surface area is 207 Å². The van der Waals surface area contributed by atoms with E-state index >= 15 is 0 Å². The minimum atomic E-state index is -0.0422. The van der Waals surface area contributed by atoms with Crippen molar-refractivity contribution in [2.75, 3.05) is 13.2 Å². The normalized spacial score (nSPS) is 21.2. The van der Waals surface area contributed by atoms with Gasteiger partial charge in [-0.2, -0.15) is 10.2 Å². The van der Waals surface area contributed by atoms with E-state index in [-0.39, 0.29) is 12.5 Å². The van der Waals surface area contributed by atoms with Crippen LogP contribution in [-0.4, -0.2) is 37.8 Å². The molecule has 2 saturated heterocycles. The second kappa shape index (κ2) is 9.24. The summed E-state index contributed by atoms with van der Waals surface area (Å²) in [5.41, 5.74) is 5.86. The van der Waals surface area contributed by atoms with E-state index in [9.17, 15) is 0 Å². The van der Waals surface area contributed by atoms with Crippen LogP contribution in [0.1, 0.15) is 56.7 Å². The molecule has 2 unspecified atom stereocenters. The third kappa shape index (κ3) is 4.08. The van der Waals surface area contributed by atoms with Gasteiger partial charge >= 0.3 is 0 Å². The number of pyridine rings is 1. The molecule has 2 aliphatic rings. The predicted octanol–water partition coefficient (Wildman–Crippen LogP) is 6.43. The maximum atomic E-state index is 6.05. The molecule has 176 valence electrons. The fourth-order valence-electron chi connectivity index (χ4n) is 4.95. The molecule has 4 aromatic rings. The monoisotopic (exact) mass is 521 g/mol. The van der Waals surface area contributed by atoms with Gasteiger partial charge in [0.1, 0.15) is 11.9 Å². The molecule has 0 spiro atoms. The van der Waals surface area contributed by atoms with Crippen LogP contribution >= 0.6 is 15.9 Å². The standard InChI is InChI=1S/C26H28BrN5O2/c1-17-7-6-8-22(29-17)26-20(16-31(30-26)24-9-2-4-11-33-24)18-13-21(27)19-15-28-32(23(19)14-18)25-10-3-5-12-34-25/h6-8,13-16,24-25H,2-5,9-12H2,1H3. The molecular weight excluding hydrogens is 494 g/mol. The quantitative estimate of drug-likeness (QED) is 0.309. The average molecular weight is 522 g/mol. The number of aryl methyl sites for hydroxylation is 1. The van der Waals surface area contributed by atoms with Crippen LogP contribution < -0.4 is 0 Å². The number of aromatic nitrogens is 5. The molecule has 2 atom stereocenters. The van der Waals surface area contributed by atoms with Gasteiger partial charge in [0, 0.05) is 40.5 Å². The second-order valence-corrected chi connectivity index (χ2v) is 10.0. The molecule has 2 fully saturated rings. The number of ether oxygens (including phenoxy) is 2. The fourth-order valence-corrected chi connectivity index (χ4v) is 5.50. The van der Waals surface area contributed by atoms with E-state index in [4.69, 9.17) is 24.7 Å². The number of fused-ring (bicyclic) bond motifs is 1. The number of benzene rings is 1. The summed E-state index contributed by atoms with van der Waals surface area (Å²) in [5, 5.41) is 10.8. The number of hydrogen-bond acceptors (Lipinski definition) is 5. The molecular formula is C26H28BrN5O2. The lowest BCUT2D eigenvalue weighted by Gasteiger charge is -2.23. The van der Waals surface area contributed by atoms with Gasteiger partial charge in [0.05, 0.1) is 17.4 Å². The first-order valence-electron chi connectivity index (χ1n) is 12.1. The van der Waals surface area contributed by atoms with Crippen molar-refractivity contribution in [2.24, 2.45) is 0 Å². The lowest BCUT2D eigenvalue weighted by Crippen LogP contribution is -2.18. The summed E-state index contributed by atoms with van der Waals surface area (Å²) in [6.07, 6.45) is 10.4. The van der Waals surface area contributed by atoms with E-state index < -0.39 is 0 Å². The van der Waals surface area contributed by atoms with Crippen LogP contribution in [0.4, 0.5) is 0 Å². The van der Waals surface area contributed by atoms with Crippen molar-refractivity contribution in [3.8, 4) is 22.5 Å². The van der Waals surface area contributed by atoms with Crippen LogP contribution in [0.2, 0.25) is 0 Å². The molecule has 0 aliphatic carbocycles. The van der Waals surface area contributed by atoms with Crippen molar-refractivity contribution < 1.29 is 9.47 Å². The highest BCUT2D eigenvalue weighted by Crippen LogP contribution is 2.38. The van der Waals surface area contributed by atoms with Crippen LogP contribution in [0.5, 0.6) is 0 Å². The molecule has 0 N–H and O–H groups in total. The van der Waals surface area contributed by atoms with E-state index in [1.165, 1.54) is 0 Å². The summed E-state index contributed by atoms with van der Waals surface area (Å²) in [6.45, 7) is 3.57. The van der Waals surface area contributed by atoms with Gasteiger partial charge in [-0.1, -0.05) is 22.0 Å². The lowest BCUT2D eigenvalue weighted by molar-refractivity contribution is -0.0393. The van der Waals surface area contributed by atoms with Crippen LogP contribution in [0.25, 0.3) is 33.4 Å². The summed E-state index contributed by atoms with van der Waals surface area (Å²) in [5.74, 6) is 0. The largest absolute Gasteiger partial charge is 0.357 e. The molecule has 0 amide bonds. The summed E-state index contributed by atoms with van der Waals surface area (Å²) >= 11 is 3.80. The first-order valence-corrected chi connectivity index (χ1v) is 12.9. The smallest absolute Gasteiger partial charge is 0.150 e. The topological polar surface area (TPSA) is 67.0 Å². The summed E-state index contributed by atoms with van der Waals surface area (Å²) in [4.78, 5) is 4.79. The molecule has 2 aliphatic heterocycles. The minimum absolute atomic E-state index is 0.0235. The van der Waals surface area contributed by atoms with Crippen molar-refractivity contribution in [3.05, 3.63) is 52.9 Å². The fraction of sp³-hybridized carbons (Fsp3) is 0.423. The average Bonchev–Trinajstić information content (AvgIpc) is 3.51. The van der Waals surface area contributed by atoms with Gasteiger partial charge < -0.3 is 9.47 Å². The Kier molecular flexibility index (Phi) is 5.97. The molecule has 1 aromatic carbocycles. The molecule has 34 heavy (non-hydrogen) atoms. The van der Waals surface area contributed by atoms with Crippen LogP contribution in [-0.2, 0) is 9.47 Å². The number of hydrogen-bond donors (Lipinski definition) is 0. The van der Waals surface area contributed by atoms with Gasteiger partial charge in [-0.25, -0.2) is 9.36 Å². The van der Waals surface area contributed by atoms with Gasteiger partial charge in [0.2, 0.25) is 0 Å². The highest BCUT2D eigenvalue weighted by molar-refractivity contribution is 9.10. The van der Waals surface area contributed by atoms with Crippen molar-refractivity contribution in [1.29, 1.82) is 0 Å². The molecule has 7 nitrogen and oxygen atoms in total. The number of nitrogens with zero attached hydrogens (tertiary/aromatic N) is 5. The molecule has 8 heteroatoms. The maximum absolute atomic E-state index is 6.05. The van der Waals surface area contributed by atoms with E-state index in [0.717, 1.165) is 95.3 Å². The Balaban J connectivity index is 1.50. The lowest BCUT2D eigenvalue weighted by atomic mass is 10.0. The Morgan fingerprint density at radius 1 is 1.00 bits per heavy atom. The first-order chi connectivity index (χ1) is 16.7. The maximum Gasteiger partial charge on any atom is 0.150 e. The van der Waals surface area contributed by atoms with Gasteiger partial charge in [-0.3, -0.25) is 4.98 Å². The van der Waals surface area contributed by atoms with Crippen molar-refractivity contribution in [1.82, 2.24) is 24.5 Å². The summed E-state index contributed by atoms with van der Waals surface area (Å²) in [6, 6.07) is 10.4. The zero-order chi connectivity index (χ0) is 23.1. The first kappa shape index (κ1) is 21.9. The molecule has 0 bridgehead atoms. The highest BCUT2D eigenvalue weighted by atomic mass is 79.9. The minimum Gasteiger partial charge on any atom is -0.357 e. The van der Waals surface area contributed by atoms with Crippen LogP contribution in [0.3, 0.4) is 0 Å². The Bertz CT molecular complexity index is 1320. The molecule has 0 saturated carbocycles. The van der Waals surface area contributed by atoms with Crippen LogP contribution in [0.15, 0.2) is 47.2 Å².